The molecule has 0 aliphatic heterocycles. The summed E-state index contributed by atoms with van der Waals surface area (Å²) in [5.41, 5.74) is 2.75. The lowest BCUT2D eigenvalue weighted by Gasteiger charge is -2.28. The Bertz CT molecular complexity index is 218. The van der Waals surface area contributed by atoms with E-state index in [2.05, 4.69) is 19.3 Å². The maximum atomic E-state index is 11.7. The number of rotatable bonds is 6. The summed E-state index contributed by atoms with van der Waals surface area (Å²) in [7, 11) is 1.71. The molecule has 1 amide bonds. The van der Waals surface area contributed by atoms with Gasteiger partial charge in [-0.15, -0.1) is 0 Å². The van der Waals surface area contributed by atoms with Crippen LogP contribution in [0.5, 0.6) is 0 Å². The van der Waals surface area contributed by atoms with E-state index in [1.54, 1.807) is 7.05 Å². The number of amides is 1. The van der Waals surface area contributed by atoms with E-state index in [0.29, 0.717) is 6.04 Å². The Morgan fingerprint density at radius 2 is 1.71 bits per heavy atom. The van der Waals surface area contributed by atoms with E-state index in [9.17, 15) is 4.79 Å². The first-order chi connectivity index (χ1) is 7.80. The molecule has 0 radical (unpaired) electrons. The molecule has 0 atom stereocenters. The number of nitrogens with zero attached hydrogens (tertiary/aromatic N) is 1. The predicted octanol–water partition coefficient (Wildman–Crippen LogP) is 3.33. The van der Waals surface area contributed by atoms with E-state index in [4.69, 9.17) is 4.74 Å². The fourth-order valence-corrected chi connectivity index (χ4v) is 1.63. The van der Waals surface area contributed by atoms with Crippen molar-refractivity contribution < 1.29 is 9.53 Å². The molecular weight excluding hydrogens is 216 g/mol. The number of carbonyl (C=O) groups is 1. The zero-order chi connectivity index (χ0) is 13.5. The lowest BCUT2D eigenvalue weighted by atomic mass is 10.1. The third kappa shape index (κ3) is 8.02. The fraction of sp³-hybridized carbons (Fsp3) is 0.923. The molecule has 4 heteroatoms. The summed E-state index contributed by atoms with van der Waals surface area (Å²) in [5, 5.41) is 1.46. The second kappa shape index (κ2) is 7.54. The first kappa shape index (κ1) is 16.2. The standard InChI is InChI=1S/C13H28N2O2/c1-7-9-11(10-8-2)14-15(6)12(16)17-13(3,4)5/h11,14H,7-10H2,1-6H3. The SMILES string of the molecule is CCCC(CCC)NN(C)C(=O)OC(C)(C)C. The Kier molecular flexibility index (Phi) is 7.19. The number of ether oxygens (including phenoxy) is 1. The summed E-state index contributed by atoms with van der Waals surface area (Å²) < 4.78 is 5.28. The predicted molar refractivity (Wildman–Crippen MR) is 70.7 cm³/mol. The highest BCUT2D eigenvalue weighted by Gasteiger charge is 2.21. The van der Waals surface area contributed by atoms with Gasteiger partial charge >= 0.3 is 6.09 Å². The van der Waals surface area contributed by atoms with Crippen molar-refractivity contribution in [3.63, 3.8) is 0 Å². The van der Waals surface area contributed by atoms with Crippen molar-refractivity contribution in [1.82, 2.24) is 10.4 Å². The van der Waals surface area contributed by atoms with Crippen molar-refractivity contribution in [2.75, 3.05) is 7.05 Å². The van der Waals surface area contributed by atoms with Crippen LogP contribution < -0.4 is 5.43 Å². The maximum absolute atomic E-state index is 11.7. The zero-order valence-corrected chi connectivity index (χ0v) is 12.2. The average molecular weight is 244 g/mol. The van der Waals surface area contributed by atoms with Gasteiger partial charge in [0, 0.05) is 13.1 Å². The molecule has 0 bridgehead atoms. The van der Waals surface area contributed by atoms with Crippen LogP contribution in [0.4, 0.5) is 4.79 Å². The van der Waals surface area contributed by atoms with Crippen LogP contribution in [0.3, 0.4) is 0 Å². The van der Waals surface area contributed by atoms with E-state index >= 15 is 0 Å². The van der Waals surface area contributed by atoms with Crippen LogP contribution in [-0.4, -0.2) is 29.8 Å². The van der Waals surface area contributed by atoms with Crippen LogP contribution in [0.15, 0.2) is 0 Å². The Labute approximate surface area is 106 Å². The number of hydrogen-bond acceptors (Lipinski definition) is 3. The van der Waals surface area contributed by atoms with Crippen LogP contribution in [0.1, 0.15) is 60.3 Å². The van der Waals surface area contributed by atoms with Gasteiger partial charge in [0.2, 0.25) is 0 Å². The fourth-order valence-electron chi connectivity index (χ4n) is 1.63. The normalized spacial score (nSPS) is 11.7. The van der Waals surface area contributed by atoms with E-state index in [1.165, 1.54) is 5.01 Å². The summed E-state index contributed by atoms with van der Waals surface area (Å²) in [6.07, 6.45) is 4.04. The van der Waals surface area contributed by atoms with Crippen molar-refractivity contribution in [3.8, 4) is 0 Å². The summed E-state index contributed by atoms with van der Waals surface area (Å²) in [6, 6.07) is 0.350. The molecule has 0 aromatic carbocycles. The topological polar surface area (TPSA) is 41.6 Å². The molecule has 0 spiro atoms. The summed E-state index contributed by atoms with van der Waals surface area (Å²) >= 11 is 0. The highest BCUT2D eigenvalue weighted by molar-refractivity contribution is 5.67. The molecule has 0 aromatic heterocycles. The summed E-state index contributed by atoms with van der Waals surface area (Å²) in [4.78, 5) is 11.7. The first-order valence-corrected chi connectivity index (χ1v) is 6.53. The lowest BCUT2D eigenvalue weighted by Crippen LogP contribution is -2.47. The molecule has 0 fully saturated rings. The molecular formula is C13H28N2O2. The van der Waals surface area contributed by atoms with Gasteiger partial charge in [0.05, 0.1) is 0 Å². The van der Waals surface area contributed by atoms with Gasteiger partial charge in [-0.1, -0.05) is 26.7 Å². The third-order valence-corrected chi connectivity index (χ3v) is 2.32. The van der Waals surface area contributed by atoms with E-state index < -0.39 is 5.60 Å². The van der Waals surface area contributed by atoms with Crippen LogP contribution in [-0.2, 0) is 4.74 Å². The molecule has 0 unspecified atom stereocenters. The molecule has 0 aromatic rings. The number of carbonyl (C=O) groups excluding carboxylic acids is 1. The minimum atomic E-state index is -0.446. The second-order valence-electron chi connectivity index (χ2n) is 5.44. The van der Waals surface area contributed by atoms with Gasteiger partial charge in [0.25, 0.3) is 0 Å². The monoisotopic (exact) mass is 244 g/mol. The molecule has 0 rings (SSSR count). The lowest BCUT2D eigenvalue weighted by molar-refractivity contribution is 0.0160. The van der Waals surface area contributed by atoms with Crippen LogP contribution in [0, 0.1) is 0 Å². The van der Waals surface area contributed by atoms with Gasteiger partial charge < -0.3 is 4.74 Å². The summed E-state index contributed by atoms with van der Waals surface area (Å²) in [6.45, 7) is 9.91. The molecule has 102 valence electrons. The summed E-state index contributed by atoms with van der Waals surface area (Å²) in [5.74, 6) is 0. The van der Waals surface area contributed by atoms with Gasteiger partial charge in [-0.25, -0.2) is 15.2 Å². The van der Waals surface area contributed by atoms with Crippen LogP contribution in [0.25, 0.3) is 0 Å². The highest BCUT2D eigenvalue weighted by Crippen LogP contribution is 2.10. The van der Waals surface area contributed by atoms with Crippen molar-refractivity contribution in [2.45, 2.75) is 71.9 Å². The van der Waals surface area contributed by atoms with Gasteiger partial charge in [-0.2, -0.15) is 0 Å². The van der Waals surface area contributed by atoms with E-state index in [1.807, 2.05) is 20.8 Å². The molecule has 0 aliphatic rings. The number of hydrogen-bond donors (Lipinski definition) is 1. The second-order valence-corrected chi connectivity index (χ2v) is 5.44. The Balaban J connectivity index is 4.19. The maximum Gasteiger partial charge on any atom is 0.424 e. The smallest absolute Gasteiger partial charge is 0.424 e. The van der Waals surface area contributed by atoms with Crippen molar-refractivity contribution in [1.29, 1.82) is 0 Å². The molecule has 4 nitrogen and oxygen atoms in total. The van der Waals surface area contributed by atoms with Gasteiger partial charge in [-0.05, 0) is 33.6 Å². The minimum Gasteiger partial charge on any atom is -0.443 e. The Morgan fingerprint density at radius 1 is 1.24 bits per heavy atom. The molecule has 1 N–H and O–H groups in total. The minimum absolute atomic E-state index is 0.324. The van der Waals surface area contributed by atoms with Crippen LogP contribution >= 0.6 is 0 Å². The van der Waals surface area contributed by atoms with Crippen LogP contribution in [0.2, 0.25) is 0 Å². The largest absolute Gasteiger partial charge is 0.443 e. The van der Waals surface area contributed by atoms with Crippen molar-refractivity contribution >= 4 is 6.09 Å². The van der Waals surface area contributed by atoms with Crippen molar-refractivity contribution in [2.24, 2.45) is 0 Å². The number of hydrazine groups is 1. The number of nitrogens with one attached hydrogen (secondary N) is 1. The first-order valence-electron chi connectivity index (χ1n) is 6.53. The average Bonchev–Trinajstić information content (AvgIpc) is 2.15. The molecule has 0 heterocycles. The zero-order valence-electron chi connectivity index (χ0n) is 12.2. The van der Waals surface area contributed by atoms with Crippen molar-refractivity contribution in [3.05, 3.63) is 0 Å². The molecule has 0 saturated heterocycles. The van der Waals surface area contributed by atoms with Gasteiger partial charge in [0.1, 0.15) is 5.60 Å². The molecule has 0 aliphatic carbocycles. The van der Waals surface area contributed by atoms with E-state index in [-0.39, 0.29) is 6.09 Å². The van der Waals surface area contributed by atoms with Gasteiger partial charge in [0.15, 0.2) is 0 Å². The highest BCUT2D eigenvalue weighted by atomic mass is 16.6. The van der Waals surface area contributed by atoms with E-state index in [0.717, 1.165) is 25.7 Å². The third-order valence-electron chi connectivity index (χ3n) is 2.32. The Hall–Kier alpha value is -0.770. The van der Waals surface area contributed by atoms with Gasteiger partial charge in [-0.3, -0.25) is 0 Å². The quantitative estimate of drug-likeness (QED) is 0.729. The Morgan fingerprint density at radius 3 is 2.06 bits per heavy atom. The molecule has 0 saturated carbocycles. The molecule has 17 heavy (non-hydrogen) atoms.